The van der Waals surface area contributed by atoms with E-state index in [1.807, 2.05) is 32.0 Å². The van der Waals surface area contributed by atoms with Crippen LogP contribution in [0.1, 0.15) is 42.0 Å². The van der Waals surface area contributed by atoms with Crippen LogP contribution in [-0.4, -0.2) is 19.7 Å². The number of allylic oxidation sites excluding steroid dienone is 1. The highest BCUT2D eigenvalue weighted by Crippen LogP contribution is 2.45. The number of aryl methyl sites for hydroxylation is 1. The lowest BCUT2D eigenvalue weighted by atomic mass is 9.79. The number of methoxy groups -OCH3 is 1. The molecule has 0 saturated carbocycles. The number of anilines is 1. The van der Waals surface area contributed by atoms with E-state index in [-0.39, 0.29) is 11.9 Å². The van der Waals surface area contributed by atoms with E-state index in [9.17, 15) is 4.79 Å². The minimum atomic E-state index is -0.259. The maximum absolute atomic E-state index is 13.2. The summed E-state index contributed by atoms with van der Waals surface area (Å²) >= 11 is 0. The smallest absolute Gasteiger partial charge is 0.336 e. The van der Waals surface area contributed by atoms with Crippen LogP contribution >= 0.6 is 0 Å². The van der Waals surface area contributed by atoms with Gasteiger partial charge in [-0.15, -0.1) is 0 Å². The van der Waals surface area contributed by atoms with Crippen LogP contribution in [0.5, 0.6) is 5.75 Å². The lowest BCUT2D eigenvalue weighted by Crippen LogP contribution is -2.32. The van der Waals surface area contributed by atoms with Gasteiger partial charge in [0.25, 0.3) is 0 Å². The second-order valence-corrected chi connectivity index (χ2v) is 8.06. The number of hydrogen-bond donors (Lipinski definition) is 0. The summed E-state index contributed by atoms with van der Waals surface area (Å²) in [5.41, 5.74) is 7.26. The third kappa shape index (κ3) is 4.13. The molecule has 32 heavy (non-hydrogen) atoms. The maximum atomic E-state index is 13.2. The first-order valence-electron chi connectivity index (χ1n) is 11.0. The molecule has 1 atom stereocenters. The molecule has 1 aliphatic heterocycles. The highest BCUT2D eigenvalue weighted by molar-refractivity contribution is 5.95. The Morgan fingerprint density at radius 1 is 0.938 bits per heavy atom. The summed E-state index contributed by atoms with van der Waals surface area (Å²) in [7, 11) is 1.67. The van der Waals surface area contributed by atoms with Crippen LogP contribution in [0.25, 0.3) is 0 Å². The van der Waals surface area contributed by atoms with Crippen molar-refractivity contribution in [2.75, 3.05) is 18.6 Å². The van der Waals surface area contributed by atoms with Crippen molar-refractivity contribution in [1.82, 2.24) is 0 Å². The lowest BCUT2D eigenvalue weighted by Gasteiger charge is -2.38. The molecule has 0 unspecified atom stereocenters. The van der Waals surface area contributed by atoms with Gasteiger partial charge in [-0.1, -0.05) is 60.2 Å². The van der Waals surface area contributed by atoms with Gasteiger partial charge in [-0.05, 0) is 55.7 Å². The van der Waals surface area contributed by atoms with E-state index in [2.05, 4.69) is 66.4 Å². The van der Waals surface area contributed by atoms with Gasteiger partial charge in [0.1, 0.15) is 5.75 Å². The van der Waals surface area contributed by atoms with E-state index < -0.39 is 0 Å². The van der Waals surface area contributed by atoms with Gasteiger partial charge in [0.15, 0.2) is 0 Å². The average molecular weight is 428 g/mol. The first-order chi connectivity index (χ1) is 15.5. The monoisotopic (exact) mass is 427 g/mol. The standard InChI is InChI=1S/C28H29NO3/c1-5-32-28(30)26-20(3)29(18-21-12-16-23(31-4)17-13-21)25-9-7-6-8-24(25)27(26)22-14-10-19(2)11-15-22/h6-17,27H,5,18H2,1-4H3/t27-/m1/s1. The molecule has 4 nitrogen and oxygen atoms in total. The summed E-state index contributed by atoms with van der Waals surface area (Å²) in [6.07, 6.45) is 0. The summed E-state index contributed by atoms with van der Waals surface area (Å²) in [4.78, 5) is 15.4. The maximum Gasteiger partial charge on any atom is 0.336 e. The molecule has 164 valence electrons. The molecule has 0 fully saturated rings. The summed E-state index contributed by atoms with van der Waals surface area (Å²) in [6, 6.07) is 24.8. The van der Waals surface area contributed by atoms with Crippen LogP contribution in [0, 0.1) is 6.92 Å². The van der Waals surface area contributed by atoms with Gasteiger partial charge in [0.2, 0.25) is 0 Å². The van der Waals surface area contributed by atoms with Gasteiger partial charge in [0.05, 0.1) is 19.3 Å². The van der Waals surface area contributed by atoms with E-state index in [4.69, 9.17) is 9.47 Å². The Bertz CT molecular complexity index is 1130. The number of nitrogens with zero attached hydrogens (tertiary/aromatic N) is 1. The summed E-state index contributed by atoms with van der Waals surface area (Å²) in [6.45, 7) is 6.93. The third-order valence-electron chi connectivity index (χ3n) is 6.03. The highest BCUT2D eigenvalue weighted by atomic mass is 16.5. The number of rotatable bonds is 6. The van der Waals surface area contributed by atoms with Crippen molar-refractivity contribution in [3.05, 3.63) is 106 Å². The van der Waals surface area contributed by atoms with Crippen molar-refractivity contribution in [3.63, 3.8) is 0 Å². The van der Waals surface area contributed by atoms with Crippen molar-refractivity contribution < 1.29 is 14.3 Å². The SMILES string of the molecule is CCOC(=O)C1=C(C)N(Cc2ccc(OC)cc2)c2ccccc2[C@H]1c1ccc(C)cc1. The number of esters is 1. The van der Waals surface area contributed by atoms with E-state index in [0.717, 1.165) is 33.8 Å². The molecule has 1 heterocycles. The van der Waals surface area contributed by atoms with Crippen LogP contribution in [0.15, 0.2) is 84.1 Å². The molecule has 0 radical (unpaired) electrons. The molecule has 4 rings (SSSR count). The van der Waals surface area contributed by atoms with Crippen molar-refractivity contribution >= 4 is 11.7 Å². The fraction of sp³-hybridized carbons (Fsp3) is 0.250. The first-order valence-corrected chi connectivity index (χ1v) is 11.0. The molecule has 0 amide bonds. The Balaban J connectivity index is 1.85. The van der Waals surface area contributed by atoms with Gasteiger partial charge in [-0.2, -0.15) is 0 Å². The van der Waals surface area contributed by atoms with Crippen LogP contribution in [0.2, 0.25) is 0 Å². The number of carbonyl (C=O) groups is 1. The van der Waals surface area contributed by atoms with Gasteiger partial charge in [0, 0.05) is 23.8 Å². The van der Waals surface area contributed by atoms with Crippen LogP contribution in [-0.2, 0) is 16.1 Å². The van der Waals surface area contributed by atoms with Gasteiger partial charge in [-0.3, -0.25) is 0 Å². The number of hydrogen-bond acceptors (Lipinski definition) is 4. The summed E-state index contributed by atoms with van der Waals surface area (Å²) in [5, 5.41) is 0. The van der Waals surface area contributed by atoms with Gasteiger partial charge in [-0.25, -0.2) is 4.79 Å². The normalized spacial score (nSPS) is 15.4. The zero-order valence-electron chi connectivity index (χ0n) is 19.1. The number of fused-ring (bicyclic) bond motifs is 1. The topological polar surface area (TPSA) is 38.8 Å². The Labute approximate surface area is 190 Å². The lowest BCUT2D eigenvalue weighted by molar-refractivity contribution is -0.138. The molecule has 4 heteroatoms. The Morgan fingerprint density at radius 2 is 1.62 bits per heavy atom. The van der Waals surface area contributed by atoms with Crippen molar-refractivity contribution in [1.29, 1.82) is 0 Å². The molecule has 3 aromatic rings. The van der Waals surface area contributed by atoms with E-state index in [1.165, 1.54) is 5.56 Å². The van der Waals surface area contributed by atoms with Crippen LogP contribution < -0.4 is 9.64 Å². The molecule has 3 aromatic carbocycles. The molecule has 0 aliphatic carbocycles. The van der Waals surface area contributed by atoms with Gasteiger partial charge < -0.3 is 14.4 Å². The number of carbonyl (C=O) groups excluding carboxylic acids is 1. The quantitative estimate of drug-likeness (QED) is 0.453. The zero-order chi connectivity index (χ0) is 22.7. The number of ether oxygens (including phenoxy) is 2. The summed E-state index contributed by atoms with van der Waals surface area (Å²) < 4.78 is 10.8. The summed E-state index contributed by atoms with van der Waals surface area (Å²) in [5.74, 6) is 0.398. The van der Waals surface area contributed by atoms with Crippen molar-refractivity contribution in [2.24, 2.45) is 0 Å². The predicted octanol–water partition coefficient (Wildman–Crippen LogP) is 5.99. The van der Waals surface area contributed by atoms with E-state index in [1.54, 1.807) is 7.11 Å². The molecular weight excluding hydrogens is 398 g/mol. The molecule has 0 bridgehead atoms. The predicted molar refractivity (Wildman–Crippen MR) is 128 cm³/mol. The molecule has 0 spiro atoms. The van der Waals surface area contributed by atoms with Gasteiger partial charge >= 0.3 is 5.97 Å². The average Bonchev–Trinajstić information content (AvgIpc) is 2.81. The minimum absolute atomic E-state index is 0.169. The molecule has 1 aliphatic rings. The Morgan fingerprint density at radius 3 is 2.28 bits per heavy atom. The molecule has 0 saturated heterocycles. The molecule has 0 aromatic heterocycles. The largest absolute Gasteiger partial charge is 0.497 e. The number of benzene rings is 3. The molecule has 0 N–H and O–H groups in total. The Kier molecular flexibility index (Phi) is 6.31. The van der Waals surface area contributed by atoms with Crippen LogP contribution in [0.3, 0.4) is 0 Å². The van der Waals surface area contributed by atoms with E-state index in [0.29, 0.717) is 18.7 Å². The Hall–Kier alpha value is -3.53. The minimum Gasteiger partial charge on any atom is -0.497 e. The second kappa shape index (κ2) is 9.31. The zero-order valence-corrected chi connectivity index (χ0v) is 19.1. The first kappa shape index (κ1) is 21.7. The fourth-order valence-corrected chi connectivity index (χ4v) is 4.36. The fourth-order valence-electron chi connectivity index (χ4n) is 4.36. The molecular formula is C28H29NO3. The van der Waals surface area contributed by atoms with Crippen LogP contribution in [0.4, 0.5) is 5.69 Å². The van der Waals surface area contributed by atoms with Crippen molar-refractivity contribution in [3.8, 4) is 5.75 Å². The second-order valence-electron chi connectivity index (χ2n) is 8.06. The van der Waals surface area contributed by atoms with Crippen molar-refractivity contribution in [2.45, 2.75) is 33.2 Å². The highest BCUT2D eigenvalue weighted by Gasteiger charge is 2.36. The van der Waals surface area contributed by atoms with E-state index >= 15 is 0 Å². The third-order valence-corrected chi connectivity index (χ3v) is 6.03. The number of para-hydroxylation sites is 1.